The molecule has 20 heavy (non-hydrogen) atoms. The first kappa shape index (κ1) is 15.3. The second-order valence-corrected chi connectivity index (χ2v) is 7.57. The van der Waals surface area contributed by atoms with Gasteiger partial charge in [-0.1, -0.05) is 51.1 Å². The molecule has 1 heterocycles. The van der Waals surface area contributed by atoms with Crippen molar-refractivity contribution in [3.8, 4) is 0 Å². The molecule has 0 radical (unpaired) electrons. The third-order valence-electron chi connectivity index (χ3n) is 3.91. The number of benzene rings is 1. The first-order valence-electron chi connectivity index (χ1n) is 7.21. The highest BCUT2D eigenvalue weighted by molar-refractivity contribution is 7.09. The van der Waals surface area contributed by atoms with Gasteiger partial charge in [0.15, 0.2) is 0 Å². The molecule has 2 rings (SSSR count). The minimum atomic E-state index is 0.227. The maximum atomic E-state index is 2.40. The van der Waals surface area contributed by atoms with Crippen molar-refractivity contribution in [3.63, 3.8) is 0 Å². The fourth-order valence-corrected chi connectivity index (χ4v) is 3.07. The molecule has 1 unspecified atom stereocenters. The van der Waals surface area contributed by atoms with Gasteiger partial charge in [0, 0.05) is 17.5 Å². The van der Waals surface area contributed by atoms with Crippen molar-refractivity contribution in [2.24, 2.45) is 0 Å². The van der Waals surface area contributed by atoms with Gasteiger partial charge in [-0.05, 0) is 42.0 Å². The van der Waals surface area contributed by atoms with E-state index in [1.54, 1.807) is 0 Å². The molecule has 0 N–H and O–H groups in total. The Hall–Kier alpha value is -1.12. The predicted octanol–water partition coefficient (Wildman–Crippen LogP) is 5.24. The van der Waals surface area contributed by atoms with E-state index in [2.05, 4.69) is 81.4 Å². The molecule has 1 atom stereocenters. The molecule has 0 saturated carbocycles. The molecule has 1 aromatic heterocycles. The molecule has 0 saturated heterocycles. The van der Waals surface area contributed by atoms with Gasteiger partial charge in [-0.3, -0.25) is 4.90 Å². The molecular weight excluding hydrogens is 262 g/mol. The third-order valence-corrected chi connectivity index (χ3v) is 4.77. The summed E-state index contributed by atoms with van der Waals surface area (Å²) in [5, 5.41) is 2.14. The van der Waals surface area contributed by atoms with Crippen molar-refractivity contribution in [2.75, 3.05) is 7.05 Å². The minimum absolute atomic E-state index is 0.227. The fourth-order valence-electron chi connectivity index (χ4n) is 2.30. The molecule has 0 aliphatic carbocycles. The van der Waals surface area contributed by atoms with Crippen LogP contribution in [0, 0.1) is 0 Å². The number of rotatable bonds is 4. The Labute approximate surface area is 127 Å². The number of hydrogen-bond acceptors (Lipinski definition) is 2. The minimum Gasteiger partial charge on any atom is -0.295 e. The van der Waals surface area contributed by atoms with Crippen LogP contribution < -0.4 is 0 Å². The van der Waals surface area contributed by atoms with E-state index in [0.29, 0.717) is 6.04 Å². The Morgan fingerprint density at radius 3 is 2.25 bits per heavy atom. The van der Waals surface area contributed by atoms with Gasteiger partial charge in [0.1, 0.15) is 0 Å². The predicted molar refractivity (Wildman–Crippen MR) is 89.3 cm³/mol. The van der Waals surface area contributed by atoms with Gasteiger partial charge < -0.3 is 0 Å². The van der Waals surface area contributed by atoms with Crippen LogP contribution >= 0.6 is 11.3 Å². The van der Waals surface area contributed by atoms with Gasteiger partial charge in [-0.25, -0.2) is 0 Å². The molecule has 2 heteroatoms. The van der Waals surface area contributed by atoms with E-state index >= 15 is 0 Å². The largest absolute Gasteiger partial charge is 0.295 e. The number of thiophene rings is 1. The molecule has 1 nitrogen and oxygen atoms in total. The van der Waals surface area contributed by atoms with Crippen molar-refractivity contribution in [3.05, 3.63) is 57.8 Å². The first-order chi connectivity index (χ1) is 9.38. The van der Waals surface area contributed by atoms with Gasteiger partial charge in [0.05, 0.1) is 0 Å². The molecule has 0 aliphatic heterocycles. The van der Waals surface area contributed by atoms with Crippen molar-refractivity contribution in [1.82, 2.24) is 4.90 Å². The Kier molecular flexibility index (Phi) is 4.66. The third kappa shape index (κ3) is 3.71. The lowest BCUT2D eigenvalue weighted by atomic mass is 9.86. The Balaban J connectivity index is 2.07. The zero-order chi connectivity index (χ0) is 14.8. The van der Waals surface area contributed by atoms with Gasteiger partial charge >= 0.3 is 0 Å². The monoisotopic (exact) mass is 287 g/mol. The average Bonchev–Trinajstić information content (AvgIpc) is 2.90. The normalized spacial score (nSPS) is 13.7. The van der Waals surface area contributed by atoms with E-state index in [0.717, 1.165) is 6.54 Å². The Morgan fingerprint density at radius 1 is 1.10 bits per heavy atom. The average molecular weight is 287 g/mol. The smallest absolute Gasteiger partial charge is 0.0330 e. The summed E-state index contributed by atoms with van der Waals surface area (Å²) in [6.45, 7) is 10.1. The van der Waals surface area contributed by atoms with E-state index in [-0.39, 0.29) is 5.41 Å². The maximum absolute atomic E-state index is 2.40. The maximum Gasteiger partial charge on any atom is 0.0330 e. The van der Waals surface area contributed by atoms with Gasteiger partial charge in [-0.2, -0.15) is 0 Å². The van der Waals surface area contributed by atoms with Gasteiger partial charge in [0.25, 0.3) is 0 Å². The quantitative estimate of drug-likeness (QED) is 0.743. The Bertz CT molecular complexity index is 520. The lowest BCUT2D eigenvalue weighted by molar-refractivity contribution is 0.255. The lowest BCUT2D eigenvalue weighted by Crippen LogP contribution is -2.21. The summed E-state index contributed by atoms with van der Waals surface area (Å²) >= 11 is 1.83. The summed E-state index contributed by atoms with van der Waals surface area (Å²) in [5.41, 5.74) is 3.01. The van der Waals surface area contributed by atoms with Crippen LogP contribution in [0.4, 0.5) is 0 Å². The fraction of sp³-hybridized carbons (Fsp3) is 0.444. The molecule has 0 spiro atoms. The Morgan fingerprint density at radius 2 is 1.75 bits per heavy atom. The molecule has 0 fully saturated rings. The van der Waals surface area contributed by atoms with E-state index in [9.17, 15) is 0 Å². The number of hydrogen-bond donors (Lipinski definition) is 0. The first-order valence-corrected chi connectivity index (χ1v) is 8.09. The summed E-state index contributed by atoms with van der Waals surface area (Å²) in [6.07, 6.45) is 0. The van der Waals surface area contributed by atoms with Crippen LogP contribution in [-0.2, 0) is 12.0 Å². The summed E-state index contributed by atoms with van der Waals surface area (Å²) in [5.74, 6) is 0. The lowest BCUT2D eigenvalue weighted by Gasteiger charge is -2.26. The zero-order valence-electron chi connectivity index (χ0n) is 13.2. The van der Waals surface area contributed by atoms with Crippen molar-refractivity contribution in [1.29, 1.82) is 0 Å². The highest BCUT2D eigenvalue weighted by atomic mass is 32.1. The summed E-state index contributed by atoms with van der Waals surface area (Å²) in [6, 6.07) is 13.8. The second-order valence-electron chi connectivity index (χ2n) is 6.54. The van der Waals surface area contributed by atoms with Gasteiger partial charge in [0.2, 0.25) is 0 Å². The van der Waals surface area contributed by atoms with E-state index < -0.39 is 0 Å². The van der Waals surface area contributed by atoms with Crippen LogP contribution in [-0.4, -0.2) is 11.9 Å². The van der Waals surface area contributed by atoms with Crippen LogP contribution in [0.2, 0.25) is 0 Å². The molecule has 2 aromatic rings. The standard InChI is InChI=1S/C18H25NS/c1-14(19(5)13-17-7-6-12-20-17)15-8-10-16(11-9-15)18(2,3)4/h6-12,14H,13H2,1-5H3. The van der Waals surface area contributed by atoms with E-state index in [1.165, 1.54) is 16.0 Å². The van der Waals surface area contributed by atoms with E-state index in [1.807, 2.05) is 11.3 Å². The van der Waals surface area contributed by atoms with Crippen molar-refractivity contribution >= 4 is 11.3 Å². The van der Waals surface area contributed by atoms with Gasteiger partial charge in [-0.15, -0.1) is 11.3 Å². The van der Waals surface area contributed by atoms with Crippen LogP contribution in [0.1, 0.15) is 49.7 Å². The van der Waals surface area contributed by atoms with E-state index in [4.69, 9.17) is 0 Å². The second kappa shape index (κ2) is 6.11. The zero-order valence-corrected chi connectivity index (χ0v) is 14.0. The van der Waals surface area contributed by atoms with Crippen LogP contribution in [0.5, 0.6) is 0 Å². The van der Waals surface area contributed by atoms with Crippen LogP contribution in [0.3, 0.4) is 0 Å². The molecule has 0 aliphatic rings. The SMILES string of the molecule is CC(c1ccc(C(C)(C)C)cc1)N(C)Cc1cccs1. The summed E-state index contributed by atoms with van der Waals surface area (Å²) < 4.78 is 0. The molecule has 1 aromatic carbocycles. The van der Waals surface area contributed by atoms with Crippen molar-refractivity contribution in [2.45, 2.75) is 45.7 Å². The number of nitrogens with zero attached hydrogens (tertiary/aromatic N) is 1. The highest BCUT2D eigenvalue weighted by Gasteiger charge is 2.16. The molecule has 108 valence electrons. The highest BCUT2D eigenvalue weighted by Crippen LogP contribution is 2.26. The molecular formula is C18H25NS. The summed E-state index contributed by atoms with van der Waals surface area (Å²) in [7, 11) is 2.20. The molecule has 0 bridgehead atoms. The molecule has 0 amide bonds. The summed E-state index contributed by atoms with van der Waals surface area (Å²) in [4.78, 5) is 3.82. The van der Waals surface area contributed by atoms with Crippen LogP contribution in [0.25, 0.3) is 0 Å². The van der Waals surface area contributed by atoms with Crippen molar-refractivity contribution < 1.29 is 0 Å². The topological polar surface area (TPSA) is 3.24 Å². The van der Waals surface area contributed by atoms with Crippen LogP contribution in [0.15, 0.2) is 41.8 Å².